The smallest absolute Gasteiger partial charge is 0.311 e. The van der Waals surface area contributed by atoms with Gasteiger partial charge >= 0.3 is 5.97 Å². The van der Waals surface area contributed by atoms with Gasteiger partial charge in [-0.15, -0.1) is 0 Å². The second-order valence-electron chi connectivity index (χ2n) is 10.9. The highest BCUT2D eigenvalue weighted by Crippen LogP contribution is 2.62. The molecule has 1 heterocycles. The van der Waals surface area contributed by atoms with Gasteiger partial charge in [0.1, 0.15) is 5.76 Å². The molecule has 0 radical (unpaired) electrons. The normalized spacial score (nSPS) is 29.0. The first kappa shape index (κ1) is 24.8. The number of allylic oxidation sites excluding steroid dienone is 1. The topological polar surface area (TPSA) is 51.5 Å². The van der Waals surface area contributed by atoms with Crippen LogP contribution in [0.25, 0.3) is 0 Å². The van der Waals surface area contributed by atoms with E-state index in [2.05, 4.69) is 62.1 Å². The third-order valence-corrected chi connectivity index (χ3v) is 8.93. The first-order chi connectivity index (χ1) is 16.4. The number of aryl methyl sites for hydroxylation is 1. The molecule has 2 aromatic rings. The van der Waals surface area contributed by atoms with Crippen LogP contribution in [0.4, 0.5) is 0 Å². The minimum atomic E-state index is -0.385. The molecule has 0 aliphatic heterocycles. The zero-order chi connectivity index (χ0) is 24.2. The van der Waals surface area contributed by atoms with Crippen molar-refractivity contribution in [1.82, 2.24) is 5.32 Å². The Bertz CT molecular complexity index is 980. The maximum absolute atomic E-state index is 12.8. The molecular weight excluding hydrogens is 422 g/mol. The van der Waals surface area contributed by atoms with Gasteiger partial charge in [0.2, 0.25) is 0 Å². The van der Waals surface area contributed by atoms with E-state index in [9.17, 15) is 4.79 Å². The van der Waals surface area contributed by atoms with Gasteiger partial charge in [0.05, 0.1) is 25.3 Å². The van der Waals surface area contributed by atoms with Crippen LogP contribution in [0.15, 0.2) is 59.2 Å². The molecule has 1 N–H and O–H groups in total. The van der Waals surface area contributed by atoms with Crippen molar-refractivity contribution in [1.29, 1.82) is 0 Å². The molecule has 2 aliphatic rings. The summed E-state index contributed by atoms with van der Waals surface area (Å²) >= 11 is 0. The number of hydrogen-bond donors (Lipinski definition) is 1. The summed E-state index contributed by atoms with van der Waals surface area (Å²) in [7, 11) is 1.53. The van der Waals surface area contributed by atoms with Gasteiger partial charge in [0, 0.05) is 0 Å². The van der Waals surface area contributed by atoms with Crippen LogP contribution in [-0.4, -0.2) is 19.6 Å². The molecule has 4 nitrogen and oxygen atoms in total. The van der Waals surface area contributed by atoms with Gasteiger partial charge in [-0.2, -0.15) is 0 Å². The quantitative estimate of drug-likeness (QED) is 0.262. The van der Waals surface area contributed by atoms with Gasteiger partial charge in [0.15, 0.2) is 0 Å². The molecule has 34 heavy (non-hydrogen) atoms. The molecule has 1 aromatic carbocycles. The number of ether oxygens (including phenoxy) is 1. The number of esters is 1. The zero-order valence-electron chi connectivity index (χ0n) is 21.2. The van der Waals surface area contributed by atoms with Crippen LogP contribution in [0.2, 0.25) is 0 Å². The predicted molar refractivity (Wildman–Crippen MR) is 136 cm³/mol. The van der Waals surface area contributed by atoms with Crippen LogP contribution in [0.5, 0.6) is 0 Å². The third kappa shape index (κ3) is 4.88. The largest absolute Gasteiger partial charge is 0.469 e. The maximum Gasteiger partial charge on any atom is 0.311 e. The molecule has 2 fully saturated rings. The summed E-state index contributed by atoms with van der Waals surface area (Å²) in [5.74, 6) is 1.78. The predicted octanol–water partition coefficient (Wildman–Crippen LogP) is 6.50. The van der Waals surface area contributed by atoms with E-state index < -0.39 is 0 Å². The molecule has 0 spiro atoms. The molecule has 0 bridgehead atoms. The van der Waals surface area contributed by atoms with E-state index in [-0.39, 0.29) is 16.8 Å². The molecular formula is C30H41NO3. The lowest BCUT2D eigenvalue weighted by molar-refractivity contribution is -0.168. The van der Waals surface area contributed by atoms with Crippen LogP contribution >= 0.6 is 0 Å². The number of furan rings is 1. The molecule has 4 rings (SSSR count). The Kier molecular flexibility index (Phi) is 7.67. The molecule has 1 unspecified atom stereocenters. The first-order valence-electron chi connectivity index (χ1n) is 12.9. The zero-order valence-corrected chi connectivity index (χ0v) is 21.2. The Morgan fingerprint density at radius 1 is 1.18 bits per heavy atom. The number of carbonyl (C=O) groups is 1. The summed E-state index contributed by atoms with van der Waals surface area (Å²) in [6, 6.07) is 12.7. The molecule has 2 aliphatic carbocycles. The fraction of sp³-hybridized carbons (Fsp3) is 0.567. The highest BCUT2D eigenvalue weighted by atomic mass is 16.5. The van der Waals surface area contributed by atoms with E-state index in [1.54, 1.807) is 0 Å². The standard InChI is InChI=1S/C30H41NO3/c1-22-11-14-27-29(2,17-8-18-30(27,3)28(32)33-4)25(22)13-12-24-16-20-34-26(24)21-31-19-15-23-9-6-5-7-10-23/h5-7,9-10,16,20,25,27,31H,1,8,11-15,17-19,21H2,2-4H3/t25-,27?,29+,30-/m0/s1. The van der Waals surface area contributed by atoms with Crippen molar-refractivity contribution >= 4 is 5.97 Å². The summed E-state index contributed by atoms with van der Waals surface area (Å²) in [6.45, 7) is 10.7. The molecule has 0 saturated heterocycles. The summed E-state index contributed by atoms with van der Waals surface area (Å²) < 4.78 is 11.1. The van der Waals surface area contributed by atoms with Crippen molar-refractivity contribution in [3.8, 4) is 0 Å². The number of fused-ring (bicyclic) bond motifs is 1. The number of rotatable bonds is 9. The number of hydrogen-bond acceptors (Lipinski definition) is 4. The maximum atomic E-state index is 12.8. The van der Waals surface area contributed by atoms with E-state index in [1.165, 1.54) is 23.8 Å². The lowest BCUT2D eigenvalue weighted by Gasteiger charge is -2.57. The van der Waals surface area contributed by atoms with Gasteiger partial charge < -0.3 is 14.5 Å². The lowest BCUT2D eigenvalue weighted by atomic mass is 9.46. The summed E-state index contributed by atoms with van der Waals surface area (Å²) in [4.78, 5) is 12.8. The minimum Gasteiger partial charge on any atom is -0.469 e. The van der Waals surface area contributed by atoms with Gasteiger partial charge in [-0.3, -0.25) is 4.79 Å². The summed E-state index contributed by atoms with van der Waals surface area (Å²) in [5, 5.41) is 3.54. The van der Waals surface area contributed by atoms with Crippen molar-refractivity contribution in [2.24, 2.45) is 22.7 Å². The van der Waals surface area contributed by atoms with Gasteiger partial charge in [-0.1, -0.05) is 55.8 Å². The Balaban J connectivity index is 1.39. The number of methoxy groups -OCH3 is 1. The monoisotopic (exact) mass is 463 g/mol. The lowest BCUT2D eigenvalue weighted by Crippen LogP contribution is -2.53. The molecule has 0 amide bonds. The van der Waals surface area contributed by atoms with Crippen LogP contribution in [-0.2, 0) is 28.9 Å². The average Bonchev–Trinajstić information content (AvgIpc) is 3.28. The van der Waals surface area contributed by atoms with Crippen LogP contribution in [0, 0.1) is 22.7 Å². The Morgan fingerprint density at radius 3 is 2.74 bits per heavy atom. The molecule has 1 aromatic heterocycles. The third-order valence-electron chi connectivity index (χ3n) is 8.93. The average molecular weight is 464 g/mol. The number of carbonyl (C=O) groups excluding carboxylic acids is 1. The molecule has 2 saturated carbocycles. The van der Waals surface area contributed by atoms with Crippen LogP contribution in [0.3, 0.4) is 0 Å². The summed E-state index contributed by atoms with van der Waals surface area (Å²) in [5.41, 5.74) is 3.70. The first-order valence-corrected chi connectivity index (χ1v) is 12.9. The fourth-order valence-corrected chi connectivity index (χ4v) is 7.08. The Labute approximate surface area is 205 Å². The van der Waals surface area contributed by atoms with Crippen LogP contribution in [0.1, 0.15) is 69.3 Å². The van der Waals surface area contributed by atoms with E-state index in [1.807, 2.05) is 6.26 Å². The van der Waals surface area contributed by atoms with Gasteiger partial charge in [0.25, 0.3) is 0 Å². The second-order valence-corrected chi connectivity index (χ2v) is 10.9. The second kappa shape index (κ2) is 10.5. The molecule has 4 atom stereocenters. The van der Waals surface area contributed by atoms with E-state index in [0.29, 0.717) is 11.8 Å². The highest BCUT2D eigenvalue weighted by molar-refractivity contribution is 5.77. The molecule has 184 valence electrons. The Morgan fingerprint density at radius 2 is 1.97 bits per heavy atom. The van der Waals surface area contributed by atoms with Crippen molar-refractivity contribution in [3.05, 3.63) is 71.7 Å². The summed E-state index contributed by atoms with van der Waals surface area (Å²) in [6.07, 6.45) is 10.1. The van der Waals surface area contributed by atoms with Crippen molar-refractivity contribution in [2.45, 2.75) is 71.8 Å². The van der Waals surface area contributed by atoms with E-state index >= 15 is 0 Å². The van der Waals surface area contributed by atoms with Crippen molar-refractivity contribution in [2.75, 3.05) is 13.7 Å². The SMILES string of the molecule is C=C1CCC2[C@](C)(CCC[C@]2(C)C(=O)OC)[C@H]1CCc1ccoc1CNCCc1ccccc1. The van der Waals surface area contributed by atoms with Crippen molar-refractivity contribution in [3.63, 3.8) is 0 Å². The number of benzene rings is 1. The number of nitrogens with one attached hydrogen (secondary N) is 1. The van der Waals surface area contributed by atoms with E-state index in [4.69, 9.17) is 9.15 Å². The Hall–Kier alpha value is -2.33. The fourth-order valence-electron chi connectivity index (χ4n) is 7.08. The highest BCUT2D eigenvalue weighted by Gasteiger charge is 2.57. The minimum absolute atomic E-state index is 0.0339. The molecule has 4 heteroatoms. The van der Waals surface area contributed by atoms with Gasteiger partial charge in [-0.25, -0.2) is 0 Å². The van der Waals surface area contributed by atoms with E-state index in [0.717, 1.165) is 70.2 Å². The van der Waals surface area contributed by atoms with Crippen molar-refractivity contribution < 1.29 is 13.9 Å². The van der Waals surface area contributed by atoms with Gasteiger partial charge in [-0.05, 0) is 92.9 Å². The van der Waals surface area contributed by atoms with Crippen LogP contribution < -0.4 is 5.32 Å².